The van der Waals surface area contributed by atoms with Crippen LogP contribution in [0.4, 0.5) is 11.4 Å². The van der Waals surface area contributed by atoms with Gasteiger partial charge in [-0.25, -0.2) is 18.3 Å². The van der Waals surface area contributed by atoms with E-state index in [0.717, 1.165) is 38.8 Å². The van der Waals surface area contributed by atoms with Gasteiger partial charge >= 0.3 is 0 Å². The van der Waals surface area contributed by atoms with Crippen LogP contribution < -0.4 is 24.1 Å². The summed E-state index contributed by atoms with van der Waals surface area (Å²) in [6.07, 6.45) is 11.7. The monoisotopic (exact) mass is 528 g/mol. The molecule has 0 fully saturated rings. The molecule has 0 saturated heterocycles. The van der Waals surface area contributed by atoms with E-state index in [9.17, 15) is 10.2 Å². The van der Waals surface area contributed by atoms with E-state index in [4.69, 9.17) is 4.74 Å². The van der Waals surface area contributed by atoms with Gasteiger partial charge in [0.1, 0.15) is 36.3 Å². The molecule has 0 atom stereocenters. The molecule has 9 nitrogen and oxygen atoms in total. The number of hydrogen-bond acceptors (Lipinski definition) is 5. The van der Waals surface area contributed by atoms with Crippen LogP contribution in [0, 0.1) is 0 Å². The average Bonchev–Trinajstić information content (AvgIpc) is 3.49. The van der Waals surface area contributed by atoms with Gasteiger partial charge in [0.25, 0.3) is 11.6 Å². The van der Waals surface area contributed by atoms with E-state index >= 15 is 0 Å². The third kappa shape index (κ3) is 6.93. The van der Waals surface area contributed by atoms with Crippen LogP contribution in [-0.4, -0.2) is 20.9 Å². The Kier molecular flexibility index (Phi) is 9.14. The summed E-state index contributed by atoms with van der Waals surface area (Å²) >= 11 is 0. The summed E-state index contributed by atoms with van der Waals surface area (Å²) in [6.45, 7) is 5.81. The highest BCUT2D eigenvalue weighted by Crippen LogP contribution is 2.26. The molecule has 0 radical (unpaired) electrons. The third-order valence-corrected chi connectivity index (χ3v) is 6.41. The number of aryl methyl sites for hydroxylation is 4. The topological polar surface area (TPSA) is 97.7 Å². The molecule has 0 saturated carbocycles. The van der Waals surface area contributed by atoms with Crippen molar-refractivity contribution in [3.8, 4) is 11.5 Å². The third-order valence-electron chi connectivity index (χ3n) is 6.41. The Balaban J connectivity index is 1.42. The maximum Gasteiger partial charge on any atom is 0.292 e. The summed E-state index contributed by atoms with van der Waals surface area (Å²) in [5.74, 6) is 1.76. The minimum absolute atomic E-state index is 0.285. The molecule has 204 valence electrons. The van der Waals surface area contributed by atoms with E-state index in [-0.39, 0.29) is 11.8 Å². The van der Waals surface area contributed by atoms with E-state index in [2.05, 4.69) is 23.8 Å². The summed E-state index contributed by atoms with van der Waals surface area (Å²) < 4.78 is 13.4. The number of ether oxygens (including phenoxy) is 1. The summed E-state index contributed by atoms with van der Waals surface area (Å²) in [5, 5.41) is 25.7. The molecular weight excluding hydrogens is 492 g/mol. The number of nitrogens with zero attached hydrogens (tertiary/aromatic N) is 6. The van der Waals surface area contributed by atoms with E-state index < -0.39 is 0 Å². The predicted octanol–water partition coefficient (Wildman–Crippen LogP) is 3.21. The molecule has 0 N–H and O–H groups in total. The molecule has 2 aromatic carbocycles. The first-order chi connectivity index (χ1) is 18.9. The van der Waals surface area contributed by atoms with E-state index in [1.165, 1.54) is 0 Å². The number of rotatable bonds is 12. The lowest BCUT2D eigenvalue weighted by Gasteiger charge is -2.11. The van der Waals surface area contributed by atoms with Crippen LogP contribution in [0.25, 0.3) is 0 Å². The summed E-state index contributed by atoms with van der Waals surface area (Å²) in [4.78, 5) is 8.57. The van der Waals surface area contributed by atoms with Crippen molar-refractivity contribution in [2.75, 3.05) is 0 Å². The van der Waals surface area contributed by atoms with Gasteiger partial charge < -0.3 is 14.9 Å². The van der Waals surface area contributed by atoms with Gasteiger partial charge in [0, 0.05) is 0 Å². The van der Waals surface area contributed by atoms with Crippen molar-refractivity contribution in [3.63, 3.8) is 0 Å². The van der Waals surface area contributed by atoms with E-state index in [0.29, 0.717) is 34.5 Å². The Bertz CT molecular complexity index is 1320. The fraction of sp³-hybridized carbons (Fsp3) is 0.333. The minimum Gasteiger partial charge on any atom is -0.853 e. The summed E-state index contributed by atoms with van der Waals surface area (Å²) in [5.41, 5.74) is 1.11. The Morgan fingerprint density at radius 2 is 1.08 bits per heavy atom. The van der Waals surface area contributed by atoms with Crippen LogP contribution in [0.5, 0.6) is 11.5 Å². The Morgan fingerprint density at radius 3 is 1.44 bits per heavy atom. The zero-order valence-corrected chi connectivity index (χ0v) is 23.1. The quantitative estimate of drug-likeness (QED) is 0.160. The number of aromatic nitrogens is 4. The van der Waals surface area contributed by atoms with Gasteiger partial charge in [0.15, 0.2) is 0 Å². The van der Waals surface area contributed by atoms with Crippen LogP contribution in [0.3, 0.4) is 0 Å². The Morgan fingerprint density at radius 1 is 0.692 bits per heavy atom. The molecule has 0 amide bonds. The number of benzene rings is 2. The zero-order valence-electron chi connectivity index (χ0n) is 23.1. The lowest BCUT2D eigenvalue weighted by atomic mass is 10.3. The Hall–Kier alpha value is -4.40. The molecule has 0 spiro atoms. The second-order valence-electron chi connectivity index (χ2n) is 9.48. The molecule has 4 rings (SSSR count). The SMILES string of the molecule is CCCCn1cc[n+](C)c1C([O-])=Nc1ccc(Oc2ccc(N=C([O-])c3n(CCCC)cc[n+]3C)cc2)cc1. The van der Waals surface area contributed by atoms with Crippen molar-refractivity contribution >= 4 is 23.2 Å². The first kappa shape index (κ1) is 27.6. The molecule has 2 aromatic heterocycles. The fourth-order valence-corrected chi connectivity index (χ4v) is 4.26. The standard InChI is InChI=1S/C30H36N6O3/c1-5-7-17-35-21-19-33(3)29(35)27(37)31-23-9-13-25(14-10-23)39-26-15-11-24(12-16-26)32-28(38)30-34(4)20-22-36(30)18-8-6-2/h9-16,19-22H,5-8,17-18H2,1-4H3. The minimum atomic E-state index is -0.285. The second-order valence-corrected chi connectivity index (χ2v) is 9.48. The number of imidazole rings is 2. The van der Waals surface area contributed by atoms with Crippen LogP contribution in [0.2, 0.25) is 0 Å². The number of aliphatic imine (C=N–C) groups is 2. The van der Waals surface area contributed by atoms with Crippen molar-refractivity contribution in [2.45, 2.75) is 52.6 Å². The molecule has 39 heavy (non-hydrogen) atoms. The van der Waals surface area contributed by atoms with Crippen molar-refractivity contribution in [1.29, 1.82) is 0 Å². The highest BCUT2D eigenvalue weighted by Gasteiger charge is 2.15. The zero-order chi connectivity index (χ0) is 27.8. The van der Waals surface area contributed by atoms with E-state index in [1.807, 2.05) is 48.0 Å². The maximum absolute atomic E-state index is 12.8. The lowest BCUT2D eigenvalue weighted by molar-refractivity contribution is -0.674. The molecule has 2 heterocycles. The highest BCUT2D eigenvalue weighted by atomic mass is 16.5. The largest absolute Gasteiger partial charge is 0.853 e. The van der Waals surface area contributed by atoms with Crippen LogP contribution >= 0.6 is 0 Å². The van der Waals surface area contributed by atoms with Crippen LogP contribution in [-0.2, 0) is 27.2 Å². The number of unbranched alkanes of at least 4 members (excludes halogenated alkanes) is 2. The maximum atomic E-state index is 12.8. The van der Waals surface area contributed by atoms with Crippen LogP contribution in [0.15, 0.2) is 83.3 Å². The molecule has 9 heteroatoms. The number of hydrogen-bond donors (Lipinski definition) is 0. The van der Waals surface area contributed by atoms with Crippen molar-refractivity contribution in [3.05, 3.63) is 85.0 Å². The summed E-state index contributed by atoms with van der Waals surface area (Å²) in [7, 11) is 3.70. The fourth-order valence-electron chi connectivity index (χ4n) is 4.26. The predicted molar refractivity (Wildman–Crippen MR) is 146 cm³/mol. The van der Waals surface area contributed by atoms with Crippen molar-refractivity contribution < 1.29 is 24.1 Å². The molecule has 0 aliphatic rings. The summed E-state index contributed by atoms with van der Waals surface area (Å²) in [6, 6.07) is 14.1. The normalized spacial score (nSPS) is 12.2. The average molecular weight is 529 g/mol. The molecule has 0 aliphatic carbocycles. The van der Waals surface area contributed by atoms with Gasteiger partial charge in [-0.3, -0.25) is 9.98 Å². The van der Waals surface area contributed by atoms with Gasteiger partial charge in [-0.15, -0.1) is 0 Å². The molecule has 0 bridgehead atoms. The first-order valence-electron chi connectivity index (χ1n) is 13.4. The van der Waals surface area contributed by atoms with Crippen molar-refractivity contribution in [2.24, 2.45) is 24.1 Å². The molecule has 4 aromatic rings. The van der Waals surface area contributed by atoms with Gasteiger partial charge in [0.05, 0.1) is 50.4 Å². The van der Waals surface area contributed by atoms with Crippen LogP contribution in [0.1, 0.15) is 51.2 Å². The second kappa shape index (κ2) is 12.9. The van der Waals surface area contributed by atoms with Gasteiger partial charge in [-0.2, -0.15) is 0 Å². The molecule has 0 aliphatic heterocycles. The first-order valence-corrected chi connectivity index (χ1v) is 13.4. The molecule has 0 unspecified atom stereocenters. The smallest absolute Gasteiger partial charge is 0.292 e. The highest BCUT2D eigenvalue weighted by molar-refractivity contribution is 5.88. The van der Waals surface area contributed by atoms with E-state index in [1.54, 1.807) is 57.7 Å². The Labute approximate surface area is 229 Å². The van der Waals surface area contributed by atoms with Gasteiger partial charge in [0.2, 0.25) is 0 Å². The molecular formula is C30H36N6O3. The van der Waals surface area contributed by atoms with Crippen molar-refractivity contribution in [1.82, 2.24) is 9.13 Å². The lowest BCUT2D eigenvalue weighted by Crippen LogP contribution is -2.40. The van der Waals surface area contributed by atoms with Gasteiger partial charge in [-0.1, -0.05) is 26.7 Å². The van der Waals surface area contributed by atoms with Gasteiger partial charge in [-0.05, 0) is 61.4 Å².